The Labute approximate surface area is 257 Å². The van der Waals surface area contributed by atoms with E-state index in [2.05, 4.69) is 40.0 Å². The van der Waals surface area contributed by atoms with Crippen LogP contribution in [0.3, 0.4) is 0 Å². The summed E-state index contributed by atoms with van der Waals surface area (Å²) >= 11 is 12.2. The lowest BCUT2D eigenvalue weighted by molar-refractivity contribution is 0.0978. The Kier molecular flexibility index (Phi) is 9.50. The number of halogens is 2. The summed E-state index contributed by atoms with van der Waals surface area (Å²) in [5.41, 5.74) is 4.60. The molecular weight excluding hydrogens is 567 g/mol. The van der Waals surface area contributed by atoms with E-state index in [1.807, 2.05) is 0 Å². The SMILES string of the molecule is C=CC(=C)CC1=C(Cl)C(=O)c2ccccc2C1=O.CC(C)(C)C1CC=C(CC2=C(Cl)C(=O)c3ccccc3C2=O)CC1. The number of rotatable bonds is 5. The number of hydrogen-bond donors (Lipinski definition) is 0. The highest BCUT2D eigenvalue weighted by atomic mass is 35.5. The van der Waals surface area contributed by atoms with E-state index >= 15 is 0 Å². The van der Waals surface area contributed by atoms with Crippen LogP contribution in [0.5, 0.6) is 0 Å². The Morgan fingerprint density at radius 3 is 1.69 bits per heavy atom. The van der Waals surface area contributed by atoms with Gasteiger partial charge in [0, 0.05) is 39.8 Å². The first kappa shape index (κ1) is 31.3. The van der Waals surface area contributed by atoms with E-state index in [0.717, 1.165) is 19.3 Å². The maximum absolute atomic E-state index is 12.7. The minimum absolute atomic E-state index is 0.0123. The van der Waals surface area contributed by atoms with Crippen LogP contribution >= 0.6 is 23.2 Å². The van der Waals surface area contributed by atoms with E-state index in [4.69, 9.17) is 23.2 Å². The highest BCUT2D eigenvalue weighted by molar-refractivity contribution is 6.50. The summed E-state index contributed by atoms with van der Waals surface area (Å²) in [6, 6.07) is 13.6. The van der Waals surface area contributed by atoms with Crippen molar-refractivity contribution in [3.05, 3.63) is 128 Å². The summed E-state index contributed by atoms with van der Waals surface area (Å²) in [4.78, 5) is 49.5. The average molecular weight is 602 g/mol. The maximum Gasteiger partial charge on any atom is 0.205 e. The molecule has 4 nitrogen and oxygen atoms in total. The predicted molar refractivity (Wildman–Crippen MR) is 169 cm³/mol. The molecule has 0 saturated carbocycles. The van der Waals surface area contributed by atoms with Gasteiger partial charge in [-0.2, -0.15) is 0 Å². The van der Waals surface area contributed by atoms with E-state index in [0.29, 0.717) is 56.7 Å². The zero-order valence-electron chi connectivity index (χ0n) is 24.2. The number of hydrogen-bond acceptors (Lipinski definition) is 4. The molecule has 1 atom stereocenters. The number of ketones is 4. The molecule has 0 fully saturated rings. The monoisotopic (exact) mass is 600 g/mol. The van der Waals surface area contributed by atoms with Crippen LogP contribution in [0.2, 0.25) is 0 Å². The quantitative estimate of drug-likeness (QED) is 0.253. The normalized spacial score (nSPS) is 18.6. The van der Waals surface area contributed by atoms with Gasteiger partial charge < -0.3 is 0 Å². The smallest absolute Gasteiger partial charge is 0.205 e. The Bertz CT molecular complexity index is 1610. The average Bonchev–Trinajstić information content (AvgIpc) is 2.99. The van der Waals surface area contributed by atoms with E-state index in [-0.39, 0.29) is 39.6 Å². The van der Waals surface area contributed by atoms with Crippen molar-refractivity contribution in [2.75, 3.05) is 0 Å². The summed E-state index contributed by atoms with van der Waals surface area (Å²) in [6.07, 6.45) is 7.67. The van der Waals surface area contributed by atoms with Gasteiger partial charge in [-0.15, -0.1) is 0 Å². The molecule has 216 valence electrons. The third-order valence-corrected chi connectivity index (χ3v) is 8.93. The number of fused-ring (bicyclic) bond motifs is 2. The first-order valence-electron chi connectivity index (χ1n) is 14.0. The Morgan fingerprint density at radius 2 is 1.26 bits per heavy atom. The lowest BCUT2D eigenvalue weighted by Crippen LogP contribution is -2.23. The van der Waals surface area contributed by atoms with Crippen molar-refractivity contribution < 1.29 is 19.2 Å². The Balaban J connectivity index is 0.000000201. The third-order valence-electron chi connectivity index (χ3n) is 8.14. The molecule has 0 bridgehead atoms. The summed E-state index contributed by atoms with van der Waals surface area (Å²) < 4.78 is 0. The van der Waals surface area contributed by atoms with Gasteiger partial charge in [0.25, 0.3) is 0 Å². The molecule has 3 aliphatic carbocycles. The fourth-order valence-electron chi connectivity index (χ4n) is 5.47. The standard InChI is InChI=1S/C21H23ClO2.C15H11ClO2/c1-21(2,3)14-10-8-13(9-11-14)12-17-18(22)20(24)16-7-5-4-6-15(16)19(17)23;1-3-9(2)8-12-13(16)15(18)11-7-5-4-6-10(11)14(12)17/h4-8,14H,9-12H2,1-3H3;3-7H,1-2,8H2. The number of Topliss-reactive ketones (excluding diaryl/α,β-unsaturated/α-hetero) is 4. The van der Waals surface area contributed by atoms with Crippen molar-refractivity contribution >= 4 is 46.3 Å². The van der Waals surface area contributed by atoms with Crippen LogP contribution in [-0.2, 0) is 0 Å². The van der Waals surface area contributed by atoms with Gasteiger partial charge in [0.15, 0.2) is 11.6 Å². The minimum atomic E-state index is -0.307. The van der Waals surface area contributed by atoms with Gasteiger partial charge >= 0.3 is 0 Å². The van der Waals surface area contributed by atoms with Crippen LogP contribution in [0.4, 0.5) is 0 Å². The molecule has 0 aromatic heterocycles. The van der Waals surface area contributed by atoms with Crippen LogP contribution in [-0.4, -0.2) is 23.1 Å². The van der Waals surface area contributed by atoms with Crippen molar-refractivity contribution in [1.29, 1.82) is 0 Å². The number of carbonyl (C=O) groups excluding carboxylic acids is 4. The Hall–Kier alpha value is -3.60. The topological polar surface area (TPSA) is 68.3 Å². The molecule has 0 heterocycles. The van der Waals surface area contributed by atoms with Crippen LogP contribution < -0.4 is 0 Å². The van der Waals surface area contributed by atoms with Gasteiger partial charge in [-0.05, 0) is 37.0 Å². The van der Waals surface area contributed by atoms with Crippen molar-refractivity contribution in [1.82, 2.24) is 0 Å². The molecule has 0 amide bonds. The number of allylic oxidation sites excluding steroid dienone is 8. The van der Waals surface area contributed by atoms with Crippen molar-refractivity contribution in [3.63, 3.8) is 0 Å². The van der Waals surface area contributed by atoms with Crippen LogP contribution in [0.25, 0.3) is 0 Å². The largest absolute Gasteiger partial charge is 0.289 e. The zero-order valence-corrected chi connectivity index (χ0v) is 25.7. The van der Waals surface area contributed by atoms with Crippen molar-refractivity contribution in [3.8, 4) is 0 Å². The van der Waals surface area contributed by atoms with Crippen molar-refractivity contribution in [2.24, 2.45) is 11.3 Å². The molecule has 2 aromatic rings. The predicted octanol–water partition coefficient (Wildman–Crippen LogP) is 9.41. The number of carbonyl (C=O) groups is 4. The molecular formula is C36H34Cl2O4. The second kappa shape index (κ2) is 12.7. The van der Waals surface area contributed by atoms with Gasteiger partial charge in [0.05, 0.1) is 10.1 Å². The maximum atomic E-state index is 12.7. The van der Waals surface area contributed by atoms with Gasteiger partial charge in [-0.3, -0.25) is 19.2 Å². The molecule has 2 aromatic carbocycles. The molecule has 5 rings (SSSR count). The first-order chi connectivity index (χ1) is 19.8. The zero-order chi connectivity index (χ0) is 30.8. The second-order valence-corrected chi connectivity index (χ2v) is 12.7. The summed E-state index contributed by atoms with van der Waals surface area (Å²) in [5.74, 6) is -0.188. The fraction of sp³-hybridized carbons (Fsp3) is 0.278. The van der Waals surface area contributed by atoms with Crippen LogP contribution in [0, 0.1) is 11.3 Å². The van der Waals surface area contributed by atoms with Gasteiger partial charge in [-0.1, -0.05) is 129 Å². The lowest BCUT2D eigenvalue weighted by Gasteiger charge is -2.33. The summed E-state index contributed by atoms with van der Waals surface area (Å²) in [6.45, 7) is 14.1. The molecule has 0 N–H and O–H groups in total. The molecule has 0 radical (unpaired) electrons. The molecule has 6 heteroatoms. The molecule has 0 aliphatic heterocycles. The van der Waals surface area contributed by atoms with Crippen LogP contribution in [0.15, 0.2) is 106 Å². The van der Waals surface area contributed by atoms with Gasteiger partial charge in [-0.25, -0.2) is 0 Å². The molecule has 0 saturated heterocycles. The first-order valence-corrected chi connectivity index (χ1v) is 14.7. The van der Waals surface area contributed by atoms with Gasteiger partial charge in [0.2, 0.25) is 11.6 Å². The lowest BCUT2D eigenvalue weighted by atomic mass is 9.72. The van der Waals surface area contributed by atoms with E-state index < -0.39 is 0 Å². The third kappa shape index (κ3) is 6.40. The minimum Gasteiger partial charge on any atom is -0.289 e. The van der Waals surface area contributed by atoms with E-state index in [1.54, 1.807) is 54.6 Å². The highest BCUT2D eigenvalue weighted by Crippen LogP contribution is 2.40. The second-order valence-electron chi connectivity index (χ2n) is 11.9. The van der Waals surface area contributed by atoms with Crippen LogP contribution in [0.1, 0.15) is 94.3 Å². The van der Waals surface area contributed by atoms with Crippen molar-refractivity contribution in [2.45, 2.75) is 52.9 Å². The van der Waals surface area contributed by atoms with E-state index in [9.17, 15) is 19.2 Å². The van der Waals surface area contributed by atoms with E-state index in [1.165, 1.54) is 5.57 Å². The molecule has 0 spiro atoms. The summed E-state index contributed by atoms with van der Waals surface area (Å²) in [5, 5.41) is 0.0826. The fourth-order valence-corrected chi connectivity index (χ4v) is 5.98. The van der Waals surface area contributed by atoms with Gasteiger partial charge in [0.1, 0.15) is 0 Å². The molecule has 3 aliphatic rings. The summed E-state index contributed by atoms with van der Waals surface area (Å²) in [7, 11) is 0. The Morgan fingerprint density at radius 1 is 0.810 bits per heavy atom. The molecule has 1 unspecified atom stereocenters. The molecule has 42 heavy (non-hydrogen) atoms. The number of benzene rings is 2. The highest BCUT2D eigenvalue weighted by Gasteiger charge is 2.33.